The van der Waals surface area contributed by atoms with Crippen molar-refractivity contribution in [3.8, 4) is 5.75 Å². The monoisotopic (exact) mass is 312 g/mol. The predicted molar refractivity (Wildman–Crippen MR) is 83.5 cm³/mol. The van der Waals surface area contributed by atoms with Crippen LogP contribution in [0.2, 0.25) is 0 Å². The first kappa shape index (κ1) is 15.0. The highest BCUT2D eigenvalue weighted by Gasteiger charge is 2.28. The molecule has 3 rings (SSSR count). The van der Waals surface area contributed by atoms with Crippen LogP contribution in [0.4, 0.5) is 5.69 Å². The first-order chi connectivity index (χ1) is 11.0. The van der Waals surface area contributed by atoms with Gasteiger partial charge in [0.15, 0.2) is 0 Å². The lowest BCUT2D eigenvalue weighted by Crippen LogP contribution is -2.24. The van der Waals surface area contributed by atoms with Crippen LogP contribution in [0.25, 0.3) is 0 Å². The number of esters is 1. The number of hydrogen-bond acceptors (Lipinski definition) is 5. The van der Waals surface area contributed by atoms with E-state index in [1.165, 1.54) is 7.11 Å². The molecule has 1 aromatic carbocycles. The molecule has 0 saturated heterocycles. The van der Waals surface area contributed by atoms with Gasteiger partial charge in [-0.05, 0) is 36.2 Å². The Labute approximate surface area is 133 Å². The minimum absolute atomic E-state index is 0.126. The Kier molecular flexibility index (Phi) is 3.73. The molecule has 2 heterocycles. The number of aryl methyl sites for hydroxylation is 1. The molecular formula is C17H16N2O4. The molecule has 2 N–H and O–H groups in total. The van der Waals surface area contributed by atoms with Crippen molar-refractivity contribution in [2.45, 2.75) is 19.3 Å². The molecule has 0 spiro atoms. The number of nitrogens with zero attached hydrogens (tertiary/aromatic N) is 1. The molecule has 0 aliphatic carbocycles. The lowest BCUT2D eigenvalue weighted by atomic mass is 9.86. The summed E-state index contributed by atoms with van der Waals surface area (Å²) >= 11 is 0. The molecule has 23 heavy (non-hydrogen) atoms. The van der Waals surface area contributed by atoms with E-state index in [2.05, 4.69) is 10.3 Å². The molecule has 1 aliphatic heterocycles. The number of amides is 1. The number of pyridine rings is 1. The summed E-state index contributed by atoms with van der Waals surface area (Å²) in [6, 6.07) is 8.44. The standard InChI is InChI=1S/C17H16N2O4/c1-9-6-10-11(7-16(21)19-14(10)8-15(9)20)12-4-3-5-13(18-12)17(22)23-2/h3-6,8,11,20H,7H2,1-2H3,(H,19,21)/t11-/m0/s1. The van der Waals surface area contributed by atoms with Gasteiger partial charge in [-0.1, -0.05) is 6.07 Å². The van der Waals surface area contributed by atoms with Crippen molar-refractivity contribution < 1.29 is 19.4 Å². The molecule has 1 atom stereocenters. The summed E-state index contributed by atoms with van der Waals surface area (Å²) in [5.74, 6) is -0.825. The van der Waals surface area contributed by atoms with Crippen molar-refractivity contribution in [2.75, 3.05) is 12.4 Å². The van der Waals surface area contributed by atoms with Gasteiger partial charge in [-0.3, -0.25) is 4.79 Å². The Bertz CT molecular complexity index is 801. The largest absolute Gasteiger partial charge is 0.508 e. The molecular weight excluding hydrogens is 296 g/mol. The quantitative estimate of drug-likeness (QED) is 0.831. The zero-order valence-electron chi connectivity index (χ0n) is 12.8. The maximum absolute atomic E-state index is 12.0. The second kappa shape index (κ2) is 5.72. The molecule has 6 nitrogen and oxygen atoms in total. The number of fused-ring (bicyclic) bond motifs is 1. The summed E-state index contributed by atoms with van der Waals surface area (Å²) in [4.78, 5) is 28.0. The topological polar surface area (TPSA) is 88.5 Å². The summed E-state index contributed by atoms with van der Waals surface area (Å²) in [6.07, 6.45) is 0.231. The first-order valence-electron chi connectivity index (χ1n) is 7.18. The Balaban J connectivity index is 2.09. The molecule has 0 unspecified atom stereocenters. The van der Waals surface area contributed by atoms with Crippen molar-refractivity contribution in [3.63, 3.8) is 0 Å². The van der Waals surface area contributed by atoms with E-state index in [0.717, 1.165) is 5.56 Å². The third-order valence-electron chi connectivity index (χ3n) is 3.93. The van der Waals surface area contributed by atoms with Gasteiger partial charge in [-0.25, -0.2) is 9.78 Å². The number of carbonyl (C=O) groups is 2. The molecule has 2 aromatic rings. The number of aromatic hydroxyl groups is 1. The van der Waals surface area contributed by atoms with Crippen molar-refractivity contribution in [1.82, 2.24) is 4.98 Å². The SMILES string of the molecule is COC(=O)c1cccc([C@H]2CC(=O)Nc3cc(O)c(C)cc32)n1. The third-order valence-corrected chi connectivity index (χ3v) is 3.93. The lowest BCUT2D eigenvalue weighted by Gasteiger charge is -2.26. The molecule has 0 bridgehead atoms. The van der Waals surface area contributed by atoms with Crippen LogP contribution in [0.3, 0.4) is 0 Å². The van der Waals surface area contributed by atoms with E-state index in [1.54, 1.807) is 31.2 Å². The van der Waals surface area contributed by atoms with Gasteiger partial charge < -0.3 is 15.2 Å². The zero-order valence-corrected chi connectivity index (χ0v) is 12.8. The van der Waals surface area contributed by atoms with Crippen LogP contribution in [0.5, 0.6) is 5.75 Å². The number of benzene rings is 1. The van der Waals surface area contributed by atoms with Crippen molar-refractivity contribution in [3.05, 3.63) is 52.8 Å². The van der Waals surface area contributed by atoms with Crippen LogP contribution >= 0.6 is 0 Å². The minimum Gasteiger partial charge on any atom is -0.508 e. The van der Waals surface area contributed by atoms with Crippen LogP contribution in [-0.4, -0.2) is 29.1 Å². The van der Waals surface area contributed by atoms with Gasteiger partial charge in [0, 0.05) is 29.8 Å². The van der Waals surface area contributed by atoms with Gasteiger partial charge in [0.1, 0.15) is 11.4 Å². The van der Waals surface area contributed by atoms with Gasteiger partial charge in [0.25, 0.3) is 0 Å². The fraction of sp³-hybridized carbons (Fsp3) is 0.235. The highest BCUT2D eigenvalue weighted by atomic mass is 16.5. The van der Waals surface area contributed by atoms with Crippen molar-refractivity contribution in [2.24, 2.45) is 0 Å². The molecule has 118 valence electrons. The Morgan fingerprint density at radius 3 is 2.91 bits per heavy atom. The Morgan fingerprint density at radius 1 is 1.39 bits per heavy atom. The van der Waals surface area contributed by atoms with Gasteiger partial charge in [0.05, 0.1) is 7.11 Å². The number of carbonyl (C=O) groups excluding carboxylic acids is 2. The summed E-state index contributed by atoms with van der Waals surface area (Å²) in [7, 11) is 1.30. The lowest BCUT2D eigenvalue weighted by molar-refractivity contribution is -0.116. The van der Waals surface area contributed by atoms with E-state index in [4.69, 9.17) is 4.74 Å². The minimum atomic E-state index is -0.519. The Hall–Kier alpha value is -2.89. The normalized spacial score (nSPS) is 16.4. The molecule has 1 amide bonds. The maximum Gasteiger partial charge on any atom is 0.356 e. The summed E-state index contributed by atoms with van der Waals surface area (Å²) in [6.45, 7) is 1.79. The number of anilines is 1. The average Bonchev–Trinajstić information content (AvgIpc) is 2.55. The fourth-order valence-electron chi connectivity index (χ4n) is 2.74. The number of nitrogens with one attached hydrogen (secondary N) is 1. The molecule has 1 aromatic heterocycles. The summed E-state index contributed by atoms with van der Waals surface area (Å²) < 4.78 is 4.69. The zero-order chi connectivity index (χ0) is 16.6. The van der Waals surface area contributed by atoms with Gasteiger partial charge in [-0.2, -0.15) is 0 Å². The van der Waals surface area contributed by atoms with Gasteiger partial charge in [0.2, 0.25) is 5.91 Å². The highest BCUT2D eigenvalue weighted by molar-refractivity contribution is 5.95. The van der Waals surface area contributed by atoms with Crippen LogP contribution in [-0.2, 0) is 9.53 Å². The van der Waals surface area contributed by atoms with E-state index < -0.39 is 5.97 Å². The van der Waals surface area contributed by atoms with Crippen LogP contribution < -0.4 is 5.32 Å². The highest BCUT2D eigenvalue weighted by Crippen LogP contribution is 2.39. The molecule has 0 saturated carbocycles. The number of aromatic nitrogens is 1. The number of methoxy groups -OCH3 is 1. The van der Waals surface area contributed by atoms with E-state index >= 15 is 0 Å². The number of ether oxygens (including phenoxy) is 1. The second-order valence-corrected chi connectivity index (χ2v) is 5.47. The van der Waals surface area contributed by atoms with Crippen LogP contribution in [0.15, 0.2) is 30.3 Å². The summed E-state index contributed by atoms with van der Waals surface area (Å²) in [5.41, 5.74) is 2.98. The van der Waals surface area contributed by atoms with Crippen LogP contribution in [0, 0.1) is 6.92 Å². The molecule has 1 aliphatic rings. The van der Waals surface area contributed by atoms with E-state index in [0.29, 0.717) is 16.9 Å². The van der Waals surface area contributed by atoms with E-state index in [1.807, 2.05) is 6.07 Å². The van der Waals surface area contributed by atoms with Crippen molar-refractivity contribution in [1.29, 1.82) is 0 Å². The number of rotatable bonds is 2. The molecule has 0 fully saturated rings. The number of phenols is 1. The van der Waals surface area contributed by atoms with Crippen molar-refractivity contribution >= 4 is 17.6 Å². The average molecular weight is 312 g/mol. The number of phenolic OH excluding ortho intramolecular Hbond substituents is 1. The number of hydrogen-bond donors (Lipinski definition) is 2. The first-order valence-corrected chi connectivity index (χ1v) is 7.18. The smallest absolute Gasteiger partial charge is 0.356 e. The fourth-order valence-corrected chi connectivity index (χ4v) is 2.74. The maximum atomic E-state index is 12.0. The Morgan fingerprint density at radius 2 is 2.17 bits per heavy atom. The van der Waals surface area contributed by atoms with E-state index in [9.17, 15) is 14.7 Å². The molecule has 0 radical (unpaired) electrons. The van der Waals surface area contributed by atoms with Gasteiger partial charge in [-0.15, -0.1) is 0 Å². The molecule has 6 heteroatoms. The van der Waals surface area contributed by atoms with Gasteiger partial charge >= 0.3 is 5.97 Å². The second-order valence-electron chi connectivity index (χ2n) is 5.47. The predicted octanol–water partition coefficient (Wildman–Crippen LogP) is 2.36. The van der Waals surface area contributed by atoms with E-state index in [-0.39, 0.29) is 29.7 Å². The third kappa shape index (κ3) is 2.75. The summed E-state index contributed by atoms with van der Waals surface area (Å²) in [5, 5.41) is 12.6. The van der Waals surface area contributed by atoms with Crippen LogP contribution in [0.1, 0.15) is 39.6 Å².